The van der Waals surface area contributed by atoms with Crippen LogP contribution in [0, 0.1) is 15.9 Å². The van der Waals surface area contributed by atoms with E-state index in [1.807, 2.05) is 0 Å². The van der Waals surface area contributed by atoms with Crippen LogP contribution in [-0.2, 0) is 15.6 Å². The molecule has 0 aliphatic rings. The quantitative estimate of drug-likeness (QED) is 0.493. The molecule has 7 heteroatoms. The number of rotatable bonds is 4. The van der Waals surface area contributed by atoms with Crippen molar-refractivity contribution in [2.45, 2.75) is 10.6 Å². The highest BCUT2D eigenvalue weighted by molar-refractivity contribution is 7.90. The van der Waals surface area contributed by atoms with Gasteiger partial charge in [0.25, 0.3) is 5.69 Å². The van der Waals surface area contributed by atoms with Gasteiger partial charge in [0.1, 0.15) is 5.82 Å². The Morgan fingerprint density at radius 2 is 1.55 bits per heavy atom. The first-order chi connectivity index (χ1) is 9.38. The van der Waals surface area contributed by atoms with E-state index >= 15 is 0 Å². The number of nitrogens with zero attached hydrogens (tertiary/aromatic N) is 1. The minimum absolute atomic E-state index is 0.0113. The number of nitro groups is 1. The summed E-state index contributed by atoms with van der Waals surface area (Å²) in [4.78, 5) is 9.96. The van der Waals surface area contributed by atoms with Gasteiger partial charge < -0.3 is 0 Å². The molecule has 2 rings (SSSR count). The molecule has 0 saturated heterocycles. The highest BCUT2D eigenvalue weighted by atomic mass is 32.2. The second kappa shape index (κ2) is 5.38. The van der Waals surface area contributed by atoms with Crippen molar-refractivity contribution in [3.05, 3.63) is 70.0 Å². The maximum absolute atomic E-state index is 12.8. The van der Waals surface area contributed by atoms with E-state index in [2.05, 4.69) is 0 Å². The molecule has 0 N–H and O–H groups in total. The lowest BCUT2D eigenvalue weighted by atomic mass is 10.2. The van der Waals surface area contributed by atoms with E-state index in [1.54, 1.807) is 0 Å². The summed E-state index contributed by atoms with van der Waals surface area (Å²) in [5.41, 5.74) is 0.327. The SMILES string of the molecule is O=[N+]([O-])c1ccc(CS(=O)(=O)c2ccc(F)cc2)cc1. The molecule has 5 nitrogen and oxygen atoms in total. The zero-order valence-electron chi connectivity index (χ0n) is 10.2. The third kappa shape index (κ3) is 3.18. The molecule has 0 aliphatic carbocycles. The summed E-state index contributed by atoms with van der Waals surface area (Å²) in [6.07, 6.45) is 0. The van der Waals surface area contributed by atoms with E-state index in [4.69, 9.17) is 0 Å². The van der Waals surface area contributed by atoms with Crippen molar-refractivity contribution in [3.63, 3.8) is 0 Å². The number of hydrogen-bond acceptors (Lipinski definition) is 4. The van der Waals surface area contributed by atoms with Gasteiger partial charge in [0.05, 0.1) is 15.6 Å². The minimum atomic E-state index is -3.60. The average molecular weight is 295 g/mol. The molecule has 0 fully saturated rings. The van der Waals surface area contributed by atoms with Crippen LogP contribution in [0.3, 0.4) is 0 Å². The van der Waals surface area contributed by atoms with Crippen LogP contribution in [0.1, 0.15) is 5.56 Å². The molecule has 0 saturated carbocycles. The van der Waals surface area contributed by atoms with Crippen LogP contribution in [0.5, 0.6) is 0 Å². The summed E-state index contributed by atoms with van der Waals surface area (Å²) in [5.74, 6) is -0.810. The molecular weight excluding hydrogens is 285 g/mol. The summed E-state index contributed by atoms with van der Waals surface area (Å²) in [6.45, 7) is 0. The molecule has 104 valence electrons. The predicted molar refractivity (Wildman–Crippen MR) is 70.4 cm³/mol. The van der Waals surface area contributed by atoms with Crippen molar-refractivity contribution in [2.24, 2.45) is 0 Å². The molecule has 2 aromatic carbocycles. The summed E-state index contributed by atoms with van der Waals surface area (Å²) < 4.78 is 36.9. The van der Waals surface area contributed by atoms with Gasteiger partial charge in [0.15, 0.2) is 9.84 Å². The number of nitro benzene ring substituents is 1. The highest BCUT2D eigenvalue weighted by Gasteiger charge is 2.16. The average Bonchev–Trinajstić information content (AvgIpc) is 2.39. The van der Waals surface area contributed by atoms with Gasteiger partial charge in [-0.3, -0.25) is 10.1 Å². The fourth-order valence-corrected chi connectivity index (χ4v) is 3.01. The van der Waals surface area contributed by atoms with Gasteiger partial charge >= 0.3 is 0 Å². The van der Waals surface area contributed by atoms with E-state index < -0.39 is 20.6 Å². The van der Waals surface area contributed by atoms with E-state index in [0.717, 1.165) is 12.1 Å². The molecule has 0 atom stereocenters. The lowest BCUT2D eigenvalue weighted by Gasteiger charge is -2.04. The van der Waals surface area contributed by atoms with Gasteiger partial charge in [-0.15, -0.1) is 0 Å². The Balaban J connectivity index is 2.24. The van der Waals surface area contributed by atoms with Crippen molar-refractivity contribution in [3.8, 4) is 0 Å². The lowest BCUT2D eigenvalue weighted by Crippen LogP contribution is -2.05. The standard InChI is InChI=1S/C13H10FNO4S/c14-11-3-7-13(8-4-11)20(18,19)9-10-1-5-12(6-2-10)15(16)17/h1-8H,9H2. The third-order valence-electron chi connectivity index (χ3n) is 2.68. The van der Waals surface area contributed by atoms with Crippen LogP contribution < -0.4 is 0 Å². The second-order valence-electron chi connectivity index (χ2n) is 4.14. The maximum atomic E-state index is 12.8. The monoisotopic (exact) mass is 295 g/mol. The number of halogens is 1. The van der Waals surface area contributed by atoms with Crippen molar-refractivity contribution in [1.82, 2.24) is 0 Å². The van der Waals surface area contributed by atoms with Gasteiger partial charge in [0.2, 0.25) is 0 Å². The normalized spacial score (nSPS) is 11.2. The molecule has 0 bridgehead atoms. The molecule has 2 aromatic rings. The summed E-state index contributed by atoms with van der Waals surface area (Å²) in [7, 11) is -3.60. The largest absolute Gasteiger partial charge is 0.269 e. The van der Waals surface area contributed by atoms with E-state index in [1.165, 1.54) is 36.4 Å². The smallest absolute Gasteiger partial charge is 0.258 e. The van der Waals surface area contributed by atoms with Crippen molar-refractivity contribution >= 4 is 15.5 Å². The molecule has 0 aromatic heterocycles. The van der Waals surface area contributed by atoms with Crippen molar-refractivity contribution in [1.29, 1.82) is 0 Å². The third-order valence-corrected chi connectivity index (χ3v) is 4.38. The Kier molecular flexibility index (Phi) is 3.80. The number of non-ortho nitro benzene ring substituents is 1. The van der Waals surface area contributed by atoms with E-state index in [0.29, 0.717) is 5.56 Å². The summed E-state index contributed by atoms with van der Waals surface area (Å²) in [5, 5.41) is 10.5. The topological polar surface area (TPSA) is 77.3 Å². The molecule has 20 heavy (non-hydrogen) atoms. The molecule has 0 aliphatic heterocycles. The Morgan fingerprint density at radius 3 is 2.05 bits per heavy atom. The van der Waals surface area contributed by atoms with Gasteiger partial charge in [0, 0.05) is 12.1 Å². The van der Waals surface area contributed by atoms with Crippen LogP contribution in [0.4, 0.5) is 10.1 Å². The molecule has 0 spiro atoms. The molecule has 0 heterocycles. The summed E-state index contributed by atoms with van der Waals surface area (Å²) >= 11 is 0. The Hall–Kier alpha value is -2.28. The first-order valence-corrected chi connectivity index (χ1v) is 7.25. The highest BCUT2D eigenvalue weighted by Crippen LogP contribution is 2.19. The van der Waals surface area contributed by atoms with Crippen molar-refractivity contribution in [2.75, 3.05) is 0 Å². The Morgan fingerprint density at radius 1 is 1.00 bits per heavy atom. The van der Waals surface area contributed by atoms with Gasteiger partial charge in [-0.05, 0) is 29.8 Å². The number of hydrogen-bond donors (Lipinski definition) is 0. The molecule has 0 amide bonds. The molecular formula is C13H10FNO4S. The Bertz CT molecular complexity index is 724. The maximum Gasteiger partial charge on any atom is 0.269 e. The lowest BCUT2D eigenvalue weighted by molar-refractivity contribution is -0.384. The predicted octanol–water partition coefficient (Wildman–Crippen LogP) is 2.71. The molecule has 0 radical (unpaired) electrons. The zero-order valence-corrected chi connectivity index (χ0v) is 11.0. The minimum Gasteiger partial charge on any atom is -0.258 e. The van der Waals surface area contributed by atoms with Crippen molar-refractivity contribution < 1.29 is 17.7 Å². The van der Waals surface area contributed by atoms with Gasteiger partial charge in [-0.2, -0.15) is 0 Å². The first-order valence-electron chi connectivity index (χ1n) is 5.60. The Labute approximate surface area is 114 Å². The van der Waals surface area contributed by atoms with Gasteiger partial charge in [-0.25, -0.2) is 12.8 Å². The fraction of sp³-hybridized carbons (Fsp3) is 0.0769. The van der Waals surface area contributed by atoms with Gasteiger partial charge in [-0.1, -0.05) is 12.1 Å². The van der Waals surface area contributed by atoms with Crippen LogP contribution in [0.15, 0.2) is 53.4 Å². The van der Waals surface area contributed by atoms with Crippen LogP contribution in [-0.4, -0.2) is 13.3 Å². The van der Waals surface area contributed by atoms with Crippen LogP contribution in [0.2, 0.25) is 0 Å². The summed E-state index contributed by atoms with van der Waals surface area (Å²) in [6, 6.07) is 9.79. The first kappa shape index (κ1) is 14.1. The zero-order chi connectivity index (χ0) is 14.8. The fourth-order valence-electron chi connectivity index (χ4n) is 1.66. The van der Waals surface area contributed by atoms with E-state index in [-0.39, 0.29) is 16.3 Å². The second-order valence-corrected chi connectivity index (χ2v) is 6.13. The number of sulfone groups is 1. The van der Waals surface area contributed by atoms with E-state index in [9.17, 15) is 22.9 Å². The molecule has 0 unspecified atom stereocenters. The van der Waals surface area contributed by atoms with Crippen LogP contribution in [0.25, 0.3) is 0 Å². The van der Waals surface area contributed by atoms with Crippen LogP contribution >= 0.6 is 0 Å². The number of benzene rings is 2.